The van der Waals surface area contributed by atoms with Gasteiger partial charge >= 0.3 is 0 Å². The van der Waals surface area contributed by atoms with Gasteiger partial charge in [0, 0.05) is 18.3 Å². The minimum absolute atomic E-state index is 0.0259. The predicted molar refractivity (Wildman–Crippen MR) is 63.8 cm³/mol. The Morgan fingerprint density at radius 3 is 2.76 bits per heavy atom. The van der Waals surface area contributed by atoms with E-state index in [0.717, 1.165) is 36.5 Å². The largest absolute Gasteiger partial charge is 0.333 e. The molecule has 0 saturated carbocycles. The van der Waals surface area contributed by atoms with E-state index < -0.39 is 0 Å². The van der Waals surface area contributed by atoms with Crippen LogP contribution in [0.5, 0.6) is 0 Å². The first-order chi connectivity index (χ1) is 8.24. The first kappa shape index (κ1) is 10.5. The van der Waals surface area contributed by atoms with Crippen LogP contribution in [-0.2, 0) is 6.54 Å². The van der Waals surface area contributed by atoms with Gasteiger partial charge in [0.25, 0.3) is 0 Å². The summed E-state index contributed by atoms with van der Waals surface area (Å²) in [6.07, 6.45) is 4.08. The zero-order valence-corrected chi connectivity index (χ0v) is 9.44. The summed E-state index contributed by atoms with van der Waals surface area (Å²) in [5, 5.41) is 0. The molecule has 1 aromatic heterocycles. The summed E-state index contributed by atoms with van der Waals surface area (Å²) in [4.78, 5) is 4.55. The number of fused-ring (bicyclic) bond motifs is 1. The summed E-state index contributed by atoms with van der Waals surface area (Å²) in [6, 6.07) is 6.42. The van der Waals surface area contributed by atoms with E-state index in [1.807, 2.05) is 6.20 Å². The lowest BCUT2D eigenvalue weighted by molar-refractivity contribution is 0.451. The van der Waals surface area contributed by atoms with E-state index in [4.69, 9.17) is 5.73 Å². The second-order valence-electron chi connectivity index (χ2n) is 4.43. The Morgan fingerprint density at radius 1 is 1.29 bits per heavy atom. The number of aryl methyl sites for hydroxylation is 1. The fraction of sp³-hybridized carbons (Fsp3) is 0.308. The van der Waals surface area contributed by atoms with Crippen LogP contribution in [-0.4, -0.2) is 9.55 Å². The maximum atomic E-state index is 12.8. The number of aromatic nitrogens is 2. The second-order valence-corrected chi connectivity index (χ2v) is 4.43. The first-order valence-electron chi connectivity index (χ1n) is 5.82. The van der Waals surface area contributed by atoms with Gasteiger partial charge in [-0.2, -0.15) is 0 Å². The molecule has 0 aliphatic carbocycles. The molecule has 4 heteroatoms. The molecule has 1 aromatic carbocycles. The van der Waals surface area contributed by atoms with Gasteiger partial charge in [-0.3, -0.25) is 0 Å². The molecule has 2 aromatic rings. The first-order valence-corrected chi connectivity index (χ1v) is 5.82. The average molecular weight is 231 g/mol. The highest BCUT2D eigenvalue weighted by molar-refractivity contribution is 5.58. The fourth-order valence-corrected chi connectivity index (χ4v) is 2.28. The summed E-state index contributed by atoms with van der Waals surface area (Å²) in [7, 11) is 0. The molecule has 1 atom stereocenters. The van der Waals surface area contributed by atoms with Gasteiger partial charge in [-0.1, -0.05) is 0 Å². The number of imidazole rings is 1. The van der Waals surface area contributed by atoms with Gasteiger partial charge in [-0.05, 0) is 37.1 Å². The molecule has 3 nitrogen and oxygen atoms in total. The van der Waals surface area contributed by atoms with Crippen LogP contribution in [0.3, 0.4) is 0 Å². The van der Waals surface area contributed by atoms with Gasteiger partial charge in [-0.25, -0.2) is 9.37 Å². The van der Waals surface area contributed by atoms with E-state index in [9.17, 15) is 4.39 Å². The summed E-state index contributed by atoms with van der Waals surface area (Å²) >= 11 is 0. The molecule has 2 heterocycles. The number of benzene rings is 1. The van der Waals surface area contributed by atoms with Gasteiger partial charge in [0.1, 0.15) is 11.6 Å². The molecule has 17 heavy (non-hydrogen) atoms. The van der Waals surface area contributed by atoms with Crippen LogP contribution in [0.2, 0.25) is 0 Å². The van der Waals surface area contributed by atoms with Crippen LogP contribution in [0, 0.1) is 5.82 Å². The lowest BCUT2D eigenvalue weighted by Gasteiger charge is -2.19. The Morgan fingerprint density at radius 2 is 2.06 bits per heavy atom. The Hall–Kier alpha value is -1.68. The predicted octanol–water partition coefficient (Wildman–Crippen LogP) is 2.48. The van der Waals surface area contributed by atoms with E-state index >= 15 is 0 Å². The monoisotopic (exact) mass is 231 g/mol. The zero-order chi connectivity index (χ0) is 11.8. The van der Waals surface area contributed by atoms with Gasteiger partial charge in [0.15, 0.2) is 0 Å². The molecule has 0 spiro atoms. The van der Waals surface area contributed by atoms with Crippen molar-refractivity contribution in [3.8, 4) is 11.3 Å². The highest BCUT2D eigenvalue weighted by atomic mass is 19.1. The minimum atomic E-state index is -0.227. The van der Waals surface area contributed by atoms with Gasteiger partial charge < -0.3 is 10.3 Å². The molecule has 0 fully saturated rings. The van der Waals surface area contributed by atoms with Crippen LogP contribution in [0.25, 0.3) is 11.3 Å². The number of nitrogens with zero attached hydrogens (tertiary/aromatic N) is 2. The van der Waals surface area contributed by atoms with Crippen molar-refractivity contribution in [2.75, 3.05) is 0 Å². The van der Waals surface area contributed by atoms with Gasteiger partial charge in [-0.15, -0.1) is 0 Å². The third-order valence-electron chi connectivity index (χ3n) is 3.19. The van der Waals surface area contributed by atoms with Crippen LogP contribution in [0.4, 0.5) is 4.39 Å². The number of hydrogen-bond donors (Lipinski definition) is 1. The fourth-order valence-electron chi connectivity index (χ4n) is 2.28. The van der Waals surface area contributed by atoms with E-state index in [2.05, 4.69) is 9.55 Å². The molecule has 0 amide bonds. The molecular formula is C13H14FN3. The van der Waals surface area contributed by atoms with Crippen molar-refractivity contribution in [2.24, 2.45) is 5.73 Å². The third kappa shape index (κ3) is 1.85. The van der Waals surface area contributed by atoms with Crippen molar-refractivity contribution < 1.29 is 4.39 Å². The Kier molecular flexibility index (Phi) is 2.44. The second kappa shape index (κ2) is 3.96. The highest BCUT2D eigenvalue weighted by Crippen LogP contribution is 2.26. The molecule has 3 rings (SSSR count). The number of rotatable bonds is 1. The van der Waals surface area contributed by atoms with Gasteiger partial charge in [0.2, 0.25) is 0 Å². The molecule has 1 aliphatic heterocycles. The number of halogens is 1. The maximum absolute atomic E-state index is 12.8. The van der Waals surface area contributed by atoms with Crippen molar-refractivity contribution in [3.63, 3.8) is 0 Å². The molecule has 0 saturated heterocycles. The third-order valence-corrected chi connectivity index (χ3v) is 3.19. The summed E-state index contributed by atoms with van der Waals surface area (Å²) in [5.74, 6) is 0.713. The van der Waals surface area contributed by atoms with Crippen LogP contribution in [0.15, 0.2) is 30.5 Å². The Balaban J connectivity index is 2.02. The minimum Gasteiger partial charge on any atom is -0.333 e. The van der Waals surface area contributed by atoms with Crippen LogP contribution >= 0.6 is 0 Å². The molecule has 0 unspecified atom stereocenters. The van der Waals surface area contributed by atoms with E-state index in [0.29, 0.717) is 0 Å². The lowest BCUT2D eigenvalue weighted by Crippen LogP contribution is -2.21. The van der Waals surface area contributed by atoms with Crippen molar-refractivity contribution in [2.45, 2.75) is 25.4 Å². The van der Waals surface area contributed by atoms with Crippen LogP contribution in [0.1, 0.15) is 24.7 Å². The van der Waals surface area contributed by atoms with Crippen molar-refractivity contribution in [1.82, 2.24) is 9.55 Å². The molecule has 0 radical (unpaired) electrons. The summed E-state index contributed by atoms with van der Waals surface area (Å²) in [5.41, 5.74) is 7.82. The summed E-state index contributed by atoms with van der Waals surface area (Å²) < 4.78 is 14.9. The normalized spacial score (nSPS) is 19.1. The zero-order valence-electron chi connectivity index (χ0n) is 9.44. The van der Waals surface area contributed by atoms with E-state index in [-0.39, 0.29) is 11.9 Å². The highest BCUT2D eigenvalue weighted by Gasteiger charge is 2.19. The molecular weight excluding hydrogens is 217 g/mol. The smallest absolute Gasteiger partial charge is 0.126 e. The SMILES string of the molecule is N[C@@H]1CCCn2cc(-c3ccc(F)cc3)nc21. The van der Waals surface area contributed by atoms with E-state index in [1.54, 1.807) is 12.1 Å². The quantitative estimate of drug-likeness (QED) is 0.819. The van der Waals surface area contributed by atoms with Crippen molar-refractivity contribution in [1.29, 1.82) is 0 Å². The van der Waals surface area contributed by atoms with Crippen LogP contribution < -0.4 is 5.73 Å². The summed E-state index contributed by atoms with van der Waals surface area (Å²) in [6.45, 7) is 0.969. The van der Waals surface area contributed by atoms with Crippen molar-refractivity contribution in [3.05, 3.63) is 42.1 Å². The standard InChI is InChI=1S/C13H14FN3/c14-10-5-3-9(4-6-10)12-8-17-7-1-2-11(15)13(17)16-12/h3-6,8,11H,1-2,7,15H2/t11-/m1/s1. The number of hydrogen-bond acceptors (Lipinski definition) is 2. The van der Waals surface area contributed by atoms with Gasteiger partial charge in [0.05, 0.1) is 11.7 Å². The molecule has 2 N–H and O–H groups in total. The maximum Gasteiger partial charge on any atom is 0.126 e. The Bertz CT molecular complexity index is 530. The number of nitrogens with two attached hydrogens (primary N) is 1. The molecule has 0 bridgehead atoms. The average Bonchev–Trinajstić information content (AvgIpc) is 2.75. The topological polar surface area (TPSA) is 43.8 Å². The molecule has 88 valence electrons. The van der Waals surface area contributed by atoms with Crippen molar-refractivity contribution >= 4 is 0 Å². The van der Waals surface area contributed by atoms with E-state index in [1.165, 1.54) is 12.1 Å². The Labute approximate surface area is 99.1 Å². The molecule has 1 aliphatic rings. The lowest BCUT2D eigenvalue weighted by atomic mass is 10.1.